The molecule has 0 bridgehead atoms. The molecule has 32 heavy (non-hydrogen) atoms. The van der Waals surface area contributed by atoms with Crippen LogP contribution in [0.25, 0.3) is 0 Å². The van der Waals surface area contributed by atoms with E-state index in [-0.39, 0.29) is 18.0 Å². The second kappa shape index (κ2) is 9.49. The highest BCUT2D eigenvalue weighted by Crippen LogP contribution is 2.32. The van der Waals surface area contributed by atoms with Crippen molar-refractivity contribution in [2.24, 2.45) is 5.92 Å². The lowest BCUT2D eigenvalue weighted by molar-refractivity contribution is -0.135. The highest BCUT2D eigenvalue weighted by Gasteiger charge is 2.54. The fraction of sp³-hybridized carbons (Fsp3) is 0.680. The van der Waals surface area contributed by atoms with Gasteiger partial charge in [0.15, 0.2) is 0 Å². The first-order valence-corrected chi connectivity index (χ1v) is 12.4. The first-order chi connectivity index (χ1) is 15.6. The molecule has 0 unspecified atom stereocenters. The Morgan fingerprint density at radius 3 is 2.59 bits per heavy atom. The highest BCUT2D eigenvalue weighted by molar-refractivity contribution is 6.07. The number of carbonyl (C=O) groups is 2. The first kappa shape index (κ1) is 21.9. The Morgan fingerprint density at radius 2 is 1.84 bits per heavy atom. The van der Waals surface area contributed by atoms with Gasteiger partial charge in [-0.2, -0.15) is 0 Å². The molecule has 1 aromatic rings. The minimum absolute atomic E-state index is 0.00550. The Bertz CT molecular complexity index is 803. The van der Waals surface area contributed by atoms with E-state index in [1.54, 1.807) is 4.90 Å². The van der Waals surface area contributed by atoms with Gasteiger partial charge in [-0.25, -0.2) is 4.79 Å². The van der Waals surface area contributed by atoms with Gasteiger partial charge in [0.05, 0.1) is 12.6 Å². The van der Waals surface area contributed by atoms with Gasteiger partial charge in [0.25, 0.3) is 5.91 Å². The number of imide groups is 1. The number of nitrogens with one attached hydrogen (secondary N) is 1. The van der Waals surface area contributed by atoms with E-state index in [0.717, 1.165) is 78.2 Å². The maximum atomic E-state index is 13.5. The van der Waals surface area contributed by atoms with Gasteiger partial charge in [-0.1, -0.05) is 30.3 Å². The van der Waals surface area contributed by atoms with Crippen molar-refractivity contribution in [3.63, 3.8) is 0 Å². The molecule has 2 atom stereocenters. The number of rotatable bonds is 6. The van der Waals surface area contributed by atoms with E-state index < -0.39 is 5.54 Å². The van der Waals surface area contributed by atoms with Crippen LogP contribution in [0, 0.1) is 5.92 Å². The smallest absolute Gasteiger partial charge is 0.325 e. The molecular weight excluding hydrogens is 404 g/mol. The van der Waals surface area contributed by atoms with Gasteiger partial charge in [-0.3, -0.25) is 9.69 Å². The summed E-state index contributed by atoms with van der Waals surface area (Å²) in [4.78, 5) is 32.9. The SMILES string of the molecule is O=C1NC2(CCN(CCc3ccccc3)CC2)C(=O)N1[C@@H]1CCCN(C[C@H]2CCOC2)C1. The molecule has 4 aliphatic rings. The van der Waals surface area contributed by atoms with Crippen LogP contribution in [-0.4, -0.2) is 90.7 Å². The van der Waals surface area contributed by atoms with E-state index in [1.807, 2.05) is 6.07 Å². The van der Waals surface area contributed by atoms with Crippen molar-refractivity contribution in [1.82, 2.24) is 20.0 Å². The fourth-order valence-corrected chi connectivity index (χ4v) is 5.90. The summed E-state index contributed by atoms with van der Waals surface area (Å²) in [5.41, 5.74) is 0.650. The van der Waals surface area contributed by atoms with Gasteiger partial charge in [0.2, 0.25) is 0 Å². The molecule has 4 aliphatic heterocycles. The average molecular weight is 441 g/mol. The second-order valence-corrected chi connectivity index (χ2v) is 10.0. The lowest BCUT2D eigenvalue weighted by Gasteiger charge is -2.39. The highest BCUT2D eigenvalue weighted by atomic mass is 16.5. The standard InChI is InChI=1S/C25H36N4O3/c30-23-25(10-14-27(15-11-25)13-8-20-5-2-1-3-6-20)26-24(31)29(23)22-7-4-12-28(18-22)17-21-9-16-32-19-21/h1-3,5-6,21-22H,4,7-19H2,(H,26,31)/t21-,22-/m1/s1. The summed E-state index contributed by atoms with van der Waals surface area (Å²) >= 11 is 0. The molecule has 174 valence electrons. The lowest BCUT2D eigenvalue weighted by atomic mass is 9.87. The van der Waals surface area contributed by atoms with Crippen LogP contribution in [-0.2, 0) is 16.0 Å². The van der Waals surface area contributed by atoms with Crippen molar-refractivity contribution in [3.05, 3.63) is 35.9 Å². The van der Waals surface area contributed by atoms with Crippen LogP contribution >= 0.6 is 0 Å². The van der Waals surface area contributed by atoms with Crippen molar-refractivity contribution in [3.8, 4) is 0 Å². The molecule has 0 aromatic heterocycles. The van der Waals surface area contributed by atoms with Gasteiger partial charge in [-0.05, 0) is 56.6 Å². The number of hydrogen-bond acceptors (Lipinski definition) is 5. The van der Waals surface area contributed by atoms with E-state index in [2.05, 4.69) is 39.4 Å². The van der Waals surface area contributed by atoms with Gasteiger partial charge in [0.1, 0.15) is 5.54 Å². The lowest BCUT2D eigenvalue weighted by Crippen LogP contribution is -2.56. The number of nitrogens with zero attached hydrogens (tertiary/aromatic N) is 3. The summed E-state index contributed by atoms with van der Waals surface area (Å²) in [6.07, 6.45) is 5.50. The zero-order valence-corrected chi connectivity index (χ0v) is 19.0. The summed E-state index contributed by atoms with van der Waals surface area (Å²) < 4.78 is 5.53. The fourth-order valence-electron chi connectivity index (χ4n) is 5.90. The molecule has 0 radical (unpaired) electrons. The van der Waals surface area contributed by atoms with Gasteiger partial charge < -0.3 is 19.9 Å². The van der Waals surface area contributed by atoms with Crippen molar-refractivity contribution in [2.45, 2.75) is 50.1 Å². The van der Waals surface area contributed by atoms with E-state index in [1.165, 1.54) is 5.56 Å². The van der Waals surface area contributed by atoms with Crippen LogP contribution in [0.2, 0.25) is 0 Å². The first-order valence-electron chi connectivity index (χ1n) is 12.4. The quantitative estimate of drug-likeness (QED) is 0.687. The third-order valence-electron chi connectivity index (χ3n) is 7.85. The topological polar surface area (TPSA) is 65.1 Å². The molecule has 5 rings (SSSR count). The summed E-state index contributed by atoms with van der Waals surface area (Å²) in [5.74, 6) is 0.602. The van der Waals surface area contributed by atoms with Crippen molar-refractivity contribution in [2.75, 3.05) is 52.5 Å². The minimum Gasteiger partial charge on any atom is -0.381 e. The van der Waals surface area contributed by atoms with Gasteiger partial charge in [0, 0.05) is 39.3 Å². The Labute approximate surface area is 191 Å². The molecule has 0 saturated carbocycles. The normalized spacial score (nSPS) is 29.1. The molecule has 1 aromatic carbocycles. The summed E-state index contributed by atoms with van der Waals surface area (Å²) in [6, 6.07) is 10.3. The Morgan fingerprint density at radius 1 is 1.03 bits per heavy atom. The number of urea groups is 1. The van der Waals surface area contributed by atoms with Gasteiger partial charge in [-0.15, -0.1) is 0 Å². The zero-order chi connectivity index (χ0) is 22.0. The Kier molecular flexibility index (Phi) is 6.49. The summed E-state index contributed by atoms with van der Waals surface area (Å²) in [6.45, 7) is 7.27. The molecule has 0 aliphatic carbocycles. The van der Waals surface area contributed by atoms with Crippen LogP contribution in [0.4, 0.5) is 4.79 Å². The molecule has 1 spiro atoms. The molecular formula is C25H36N4O3. The van der Waals surface area contributed by atoms with Gasteiger partial charge >= 0.3 is 6.03 Å². The Balaban J connectivity index is 1.16. The molecule has 4 saturated heterocycles. The third kappa shape index (κ3) is 4.56. The number of ether oxygens (including phenoxy) is 1. The monoisotopic (exact) mass is 440 g/mol. The van der Waals surface area contributed by atoms with E-state index >= 15 is 0 Å². The van der Waals surface area contributed by atoms with Crippen LogP contribution < -0.4 is 5.32 Å². The summed E-state index contributed by atoms with van der Waals surface area (Å²) in [5, 5.41) is 3.12. The van der Waals surface area contributed by atoms with E-state index in [9.17, 15) is 9.59 Å². The van der Waals surface area contributed by atoms with E-state index in [0.29, 0.717) is 18.8 Å². The number of benzene rings is 1. The maximum absolute atomic E-state index is 13.5. The molecule has 4 heterocycles. The van der Waals surface area contributed by atoms with Crippen molar-refractivity contribution < 1.29 is 14.3 Å². The third-order valence-corrected chi connectivity index (χ3v) is 7.85. The number of hydrogen-bond donors (Lipinski definition) is 1. The summed E-state index contributed by atoms with van der Waals surface area (Å²) in [7, 11) is 0. The van der Waals surface area contributed by atoms with Crippen molar-refractivity contribution in [1.29, 1.82) is 0 Å². The number of amides is 3. The zero-order valence-electron chi connectivity index (χ0n) is 19.0. The number of carbonyl (C=O) groups excluding carboxylic acids is 2. The molecule has 7 nitrogen and oxygen atoms in total. The predicted molar refractivity (Wildman–Crippen MR) is 122 cm³/mol. The molecule has 7 heteroatoms. The van der Waals surface area contributed by atoms with Crippen LogP contribution in [0.1, 0.15) is 37.7 Å². The maximum Gasteiger partial charge on any atom is 0.325 e. The Hall–Kier alpha value is -1.96. The van der Waals surface area contributed by atoms with Crippen LogP contribution in [0.3, 0.4) is 0 Å². The predicted octanol–water partition coefficient (Wildman–Crippen LogP) is 2.12. The minimum atomic E-state index is -0.693. The molecule has 1 N–H and O–H groups in total. The van der Waals surface area contributed by atoms with Crippen molar-refractivity contribution >= 4 is 11.9 Å². The van der Waals surface area contributed by atoms with Crippen LogP contribution in [0.15, 0.2) is 30.3 Å². The molecule has 3 amide bonds. The molecule has 4 fully saturated rings. The van der Waals surface area contributed by atoms with E-state index in [4.69, 9.17) is 4.74 Å². The number of piperidine rings is 2. The second-order valence-electron chi connectivity index (χ2n) is 10.0. The average Bonchev–Trinajstić information content (AvgIpc) is 3.40. The number of likely N-dealkylation sites (tertiary alicyclic amines) is 2. The van der Waals surface area contributed by atoms with Crippen LogP contribution in [0.5, 0.6) is 0 Å². The largest absolute Gasteiger partial charge is 0.381 e.